The van der Waals surface area contributed by atoms with Crippen LogP contribution in [0.1, 0.15) is 25.1 Å². The van der Waals surface area contributed by atoms with Gasteiger partial charge in [-0.3, -0.25) is 4.79 Å². The van der Waals surface area contributed by atoms with Gasteiger partial charge < -0.3 is 29.7 Å². The zero-order valence-electron chi connectivity index (χ0n) is 19.5. The number of aromatic nitrogens is 5. The quantitative estimate of drug-likeness (QED) is 0.358. The second-order valence-corrected chi connectivity index (χ2v) is 7.88. The molecule has 4 heterocycles. The zero-order chi connectivity index (χ0) is 23.5. The monoisotopic (exact) mass is 451 g/mol. The first-order valence-electron chi connectivity index (χ1n) is 10.8. The molecule has 3 N–H and O–H groups in total. The summed E-state index contributed by atoms with van der Waals surface area (Å²) in [5, 5.41) is 7.10. The number of anilines is 1. The molecule has 0 spiro atoms. The third-order valence-corrected chi connectivity index (χ3v) is 5.73. The molecule has 0 aliphatic rings. The molecule has 1 amide bonds. The second kappa shape index (κ2) is 9.55. The minimum atomic E-state index is -0.555. The summed E-state index contributed by atoms with van der Waals surface area (Å²) in [6.07, 6.45) is 1.81. The van der Waals surface area contributed by atoms with Gasteiger partial charge in [0.2, 0.25) is 5.91 Å². The molecule has 0 unspecified atom stereocenters. The maximum Gasteiger partial charge on any atom is 0.249 e. The van der Waals surface area contributed by atoms with Gasteiger partial charge in [-0.15, -0.1) is 0 Å². The molecule has 0 aliphatic heterocycles. The molecule has 10 nitrogen and oxygen atoms in total. The zero-order valence-corrected chi connectivity index (χ0v) is 19.5. The van der Waals surface area contributed by atoms with E-state index in [2.05, 4.69) is 25.6 Å². The summed E-state index contributed by atoms with van der Waals surface area (Å²) in [7, 11) is 6.94. The van der Waals surface area contributed by atoms with Crippen molar-refractivity contribution in [3.63, 3.8) is 0 Å². The van der Waals surface area contributed by atoms with Gasteiger partial charge in [-0.25, -0.2) is 15.0 Å². The van der Waals surface area contributed by atoms with Gasteiger partial charge >= 0.3 is 0 Å². The first-order valence-corrected chi connectivity index (χ1v) is 10.8. The number of ether oxygens (including phenoxy) is 2. The molecule has 2 atom stereocenters. The number of hydrogen-bond acceptors (Lipinski definition) is 7. The third-order valence-electron chi connectivity index (χ3n) is 5.73. The highest BCUT2D eigenvalue weighted by Crippen LogP contribution is 2.31. The molecule has 33 heavy (non-hydrogen) atoms. The van der Waals surface area contributed by atoms with Gasteiger partial charge in [0.25, 0.3) is 0 Å². The van der Waals surface area contributed by atoms with Gasteiger partial charge in [-0.1, -0.05) is 6.07 Å². The Bertz CT molecular complexity index is 1280. The minimum absolute atomic E-state index is 0.196. The summed E-state index contributed by atoms with van der Waals surface area (Å²) in [5.41, 5.74) is 4.88. The number of aromatic amines is 1. The van der Waals surface area contributed by atoms with Crippen LogP contribution >= 0.6 is 0 Å². The average Bonchev–Trinajstić information content (AvgIpc) is 3.44. The van der Waals surface area contributed by atoms with E-state index in [0.717, 1.165) is 39.1 Å². The van der Waals surface area contributed by atoms with Gasteiger partial charge in [0.05, 0.1) is 35.0 Å². The van der Waals surface area contributed by atoms with Crippen molar-refractivity contribution in [3.05, 3.63) is 36.3 Å². The Morgan fingerprint density at radius 3 is 2.82 bits per heavy atom. The topological polar surface area (TPSA) is 119 Å². The van der Waals surface area contributed by atoms with Crippen molar-refractivity contribution in [2.75, 3.05) is 33.2 Å². The Kier molecular flexibility index (Phi) is 6.57. The molecule has 0 fully saturated rings. The fourth-order valence-corrected chi connectivity index (χ4v) is 3.83. The number of methoxy groups -OCH3 is 2. The van der Waals surface area contributed by atoms with Gasteiger partial charge in [0.1, 0.15) is 17.3 Å². The summed E-state index contributed by atoms with van der Waals surface area (Å²) in [6.45, 7) is 2.20. The smallest absolute Gasteiger partial charge is 0.249 e. The molecular formula is C23H29N7O3. The number of hydrogen-bond donors (Lipinski definition) is 3. The summed E-state index contributed by atoms with van der Waals surface area (Å²) in [4.78, 5) is 29.9. The van der Waals surface area contributed by atoms with Crippen molar-refractivity contribution in [1.29, 1.82) is 0 Å². The highest BCUT2D eigenvalue weighted by atomic mass is 16.5. The van der Waals surface area contributed by atoms with E-state index in [9.17, 15) is 4.79 Å². The molecule has 0 saturated carbocycles. The van der Waals surface area contributed by atoms with E-state index in [1.54, 1.807) is 20.4 Å². The predicted octanol–water partition coefficient (Wildman–Crippen LogP) is 2.78. The molecule has 174 valence electrons. The molecule has 0 radical (unpaired) electrons. The highest BCUT2D eigenvalue weighted by Gasteiger charge is 2.21. The van der Waals surface area contributed by atoms with Crippen molar-refractivity contribution < 1.29 is 14.3 Å². The lowest BCUT2D eigenvalue weighted by Crippen LogP contribution is -2.37. The van der Waals surface area contributed by atoms with Crippen LogP contribution in [0, 0.1) is 0 Å². The van der Waals surface area contributed by atoms with Crippen LogP contribution in [0.3, 0.4) is 0 Å². The molecule has 10 heteroatoms. The van der Waals surface area contributed by atoms with Crippen LogP contribution in [0.25, 0.3) is 33.5 Å². The van der Waals surface area contributed by atoms with E-state index in [0.29, 0.717) is 18.8 Å². The number of nitrogens with zero attached hydrogens (tertiary/aromatic N) is 4. The molecule has 4 aromatic rings. The van der Waals surface area contributed by atoms with Crippen molar-refractivity contribution in [2.45, 2.75) is 25.5 Å². The first kappa shape index (κ1) is 22.7. The number of fused-ring (bicyclic) bond motifs is 3. The Balaban J connectivity index is 1.73. The number of amides is 1. The van der Waals surface area contributed by atoms with Crippen LogP contribution in [0.5, 0.6) is 0 Å². The van der Waals surface area contributed by atoms with Crippen molar-refractivity contribution in [3.8, 4) is 11.4 Å². The van der Waals surface area contributed by atoms with Gasteiger partial charge in [-0.05, 0) is 31.5 Å². The number of aryl methyl sites for hydroxylation is 1. The van der Waals surface area contributed by atoms with E-state index in [4.69, 9.17) is 14.5 Å². The second-order valence-electron chi connectivity index (χ2n) is 7.88. The molecule has 4 aromatic heterocycles. The SMILES string of the molecule is CNc1nc2[nH]c(-c3cccc([C@H](CCOC)NC(=O)[C@H](C)OC)n3)cc2c2c1ncn2C. The fourth-order valence-electron chi connectivity index (χ4n) is 3.83. The van der Waals surface area contributed by atoms with Gasteiger partial charge in [0, 0.05) is 40.3 Å². The summed E-state index contributed by atoms with van der Waals surface area (Å²) in [6, 6.07) is 7.49. The number of carbonyl (C=O) groups is 1. The fraction of sp³-hybridized carbons (Fsp3) is 0.391. The molecule has 4 rings (SSSR count). The molecule has 0 bridgehead atoms. The maximum absolute atomic E-state index is 12.5. The number of pyridine rings is 2. The lowest BCUT2D eigenvalue weighted by atomic mass is 10.1. The van der Waals surface area contributed by atoms with Crippen LogP contribution in [-0.4, -0.2) is 64.4 Å². The average molecular weight is 452 g/mol. The van der Waals surface area contributed by atoms with Crippen LogP contribution in [0.15, 0.2) is 30.6 Å². The number of rotatable bonds is 9. The Labute approximate surface area is 191 Å². The maximum atomic E-state index is 12.5. The highest BCUT2D eigenvalue weighted by molar-refractivity contribution is 6.07. The van der Waals surface area contributed by atoms with Crippen LogP contribution < -0.4 is 10.6 Å². The van der Waals surface area contributed by atoms with E-state index < -0.39 is 6.10 Å². The van der Waals surface area contributed by atoms with E-state index >= 15 is 0 Å². The van der Waals surface area contributed by atoms with Crippen LogP contribution in [0.2, 0.25) is 0 Å². The number of H-pyrrole nitrogens is 1. The summed E-state index contributed by atoms with van der Waals surface area (Å²) >= 11 is 0. The van der Waals surface area contributed by atoms with Gasteiger partial charge in [-0.2, -0.15) is 0 Å². The number of nitrogens with one attached hydrogen (secondary N) is 3. The molecule has 0 saturated heterocycles. The largest absolute Gasteiger partial charge is 0.385 e. The van der Waals surface area contributed by atoms with E-state index in [1.807, 2.05) is 42.9 Å². The van der Waals surface area contributed by atoms with Crippen molar-refractivity contribution >= 4 is 33.8 Å². The van der Waals surface area contributed by atoms with Crippen molar-refractivity contribution in [2.24, 2.45) is 7.05 Å². The summed E-state index contributed by atoms with van der Waals surface area (Å²) < 4.78 is 12.4. The lowest BCUT2D eigenvalue weighted by Gasteiger charge is -2.20. The Morgan fingerprint density at radius 1 is 1.27 bits per heavy atom. The molecule has 0 aliphatic carbocycles. The Morgan fingerprint density at radius 2 is 2.09 bits per heavy atom. The van der Waals surface area contributed by atoms with Crippen LogP contribution in [-0.2, 0) is 21.3 Å². The lowest BCUT2D eigenvalue weighted by molar-refractivity contribution is -0.131. The molecule has 0 aromatic carbocycles. The molecular weight excluding hydrogens is 422 g/mol. The number of imidazole rings is 1. The van der Waals surface area contributed by atoms with Crippen LogP contribution in [0.4, 0.5) is 5.82 Å². The minimum Gasteiger partial charge on any atom is -0.385 e. The predicted molar refractivity (Wildman–Crippen MR) is 127 cm³/mol. The van der Waals surface area contributed by atoms with Gasteiger partial charge in [0.15, 0.2) is 5.82 Å². The van der Waals surface area contributed by atoms with Crippen molar-refractivity contribution in [1.82, 2.24) is 29.8 Å². The Hall–Kier alpha value is -3.50. The third kappa shape index (κ3) is 4.39. The summed E-state index contributed by atoms with van der Waals surface area (Å²) in [5.74, 6) is 0.515. The first-order chi connectivity index (χ1) is 16.0. The standard InChI is InChI=1S/C23H29N7O3/c1-13(33-5)23(31)28-17(9-10-32-4)15-7-6-8-16(26-15)18-11-14-20-19(25-12-30(20)3)22(24-2)29-21(14)27-18/h6-8,11-13,17H,9-10H2,1-5H3,(H,28,31)(H2,24,27,29)/t13-,17-/m0/s1. The van der Waals surface area contributed by atoms with E-state index in [-0.39, 0.29) is 11.9 Å². The normalized spacial score (nSPS) is 13.4. The number of carbonyl (C=O) groups excluding carboxylic acids is 1. The van der Waals surface area contributed by atoms with E-state index in [1.165, 1.54) is 7.11 Å².